The minimum Gasteiger partial charge on any atom is -0.344 e. The van der Waals surface area contributed by atoms with Crippen LogP contribution >= 0.6 is 0 Å². The van der Waals surface area contributed by atoms with Gasteiger partial charge >= 0.3 is 0 Å². The third kappa shape index (κ3) is 2.55. The fourth-order valence-corrected chi connectivity index (χ4v) is 3.34. The Kier molecular flexibility index (Phi) is 3.55. The standard InChI is InChI=1S/C17H18FN5O/c1-11-7-21-23(8-11)13-3-2-4-22(9-13)17(24)14-5-12(18)6-15-16(14)20-10-19-15/h5-8,10,13H,2-4,9H2,1H3,(H,19,20). The molecule has 1 aromatic carbocycles. The predicted octanol–water partition coefficient (Wildman–Crippen LogP) is 2.68. The highest BCUT2D eigenvalue weighted by Crippen LogP contribution is 2.25. The van der Waals surface area contributed by atoms with Gasteiger partial charge in [-0.2, -0.15) is 5.10 Å². The smallest absolute Gasteiger partial charge is 0.256 e. The van der Waals surface area contributed by atoms with E-state index in [0.29, 0.717) is 29.7 Å². The zero-order valence-corrected chi connectivity index (χ0v) is 13.4. The first kappa shape index (κ1) is 14.9. The van der Waals surface area contributed by atoms with Crippen molar-refractivity contribution in [1.82, 2.24) is 24.6 Å². The summed E-state index contributed by atoms with van der Waals surface area (Å²) in [7, 11) is 0. The summed E-state index contributed by atoms with van der Waals surface area (Å²) in [6.45, 7) is 3.23. The molecule has 1 aliphatic rings. The molecule has 0 spiro atoms. The number of likely N-dealkylation sites (tertiary alicyclic amines) is 1. The number of nitrogens with one attached hydrogen (secondary N) is 1. The molecule has 3 aromatic rings. The lowest BCUT2D eigenvalue weighted by Gasteiger charge is -2.33. The monoisotopic (exact) mass is 327 g/mol. The zero-order chi connectivity index (χ0) is 16.7. The Morgan fingerprint density at radius 2 is 2.29 bits per heavy atom. The number of piperidine rings is 1. The number of halogens is 1. The van der Waals surface area contributed by atoms with Crippen molar-refractivity contribution < 1.29 is 9.18 Å². The molecule has 0 saturated carbocycles. The number of imidazole rings is 1. The van der Waals surface area contributed by atoms with E-state index in [1.807, 2.05) is 24.0 Å². The first-order valence-electron chi connectivity index (χ1n) is 8.04. The topological polar surface area (TPSA) is 66.8 Å². The zero-order valence-electron chi connectivity index (χ0n) is 13.4. The molecule has 1 N–H and O–H groups in total. The minimum absolute atomic E-state index is 0.152. The second-order valence-corrected chi connectivity index (χ2v) is 6.30. The highest BCUT2D eigenvalue weighted by atomic mass is 19.1. The molecule has 0 aliphatic carbocycles. The van der Waals surface area contributed by atoms with Crippen molar-refractivity contribution in [2.24, 2.45) is 0 Å². The average molecular weight is 327 g/mol. The quantitative estimate of drug-likeness (QED) is 0.787. The maximum atomic E-state index is 13.8. The van der Waals surface area contributed by atoms with Crippen LogP contribution in [0.3, 0.4) is 0 Å². The van der Waals surface area contributed by atoms with Crippen LogP contribution in [0.4, 0.5) is 4.39 Å². The molecule has 2 aromatic heterocycles. The van der Waals surface area contributed by atoms with E-state index in [4.69, 9.17) is 0 Å². The molecular formula is C17H18FN5O. The van der Waals surface area contributed by atoms with Crippen molar-refractivity contribution in [2.45, 2.75) is 25.8 Å². The van der Waals surface area contributed by atoms with E-state index in [1.54, 1.807) is 4.90 Å². The Bertz CT molecular complexity index is 899. The van der Waals surface area contributed by atoms with Crippen molar-refractivity contribution in [3.8, 4) is 0 Å². The van der Waals surface area contributed by atoms with Crippen LogP contribution in [0.25, 0.3) is 11.0 Å². The Balaban J connectivity index is 1.62. The number of carbonyl (C=O) groups is 1. The summed E-state index contributed by atoms with van der Waals surface area (Å²) in [5.74, 6) is -0.619. The van der Waals surface area contributed by atoms with Crippen molar-refractivity contribution in [2.75, 3.05) is 13.1 Å². The Morgan fingerprint density at radius 1 is 1.42 bits per heavy atom. The molecule has 1 unspecified atom stereocenters. The summed E-state index contributed by atoms with van der Waals surface area (Å²) in [6, 6.07) is 2.78. The number of aromatic amines is 1. The normalized spacial score (nSPS) is 18.2. The van der Waals surface area contributed by atoms with Gasteiger partial charge in [-0.05, 0) is 37.5 Å². The van der Waals surface area contributed by atoms with E-state index in [2.05, 4.69) is 15.1 Å². The fraction of sp³-hybridized carbons (Fsp3) is 0.353. The molecule has 0 radical (unpaired) electrons. The van der Waals surface area contributed by atoms with E-state index >= 15 is 0 Å². The number of nitrogens with zero attached hydrogens (tertiary/aromatic N) is 4. The molecule has 24 heavy (non-hydrogen) atoms. The van der Waals surface area contributed by atoms with Crippen molar-refractivity contribution >= 4 is 16.9 Å². The van der Waals surface area contributed by atoms with Gasteiger partial charge in [-0.3, -0.25) is 9.48 Å². The van der Waals surface area contributed by atoms with Gasteiger partial charge in [0.1, 0.15) is 11.3 Å². The molecule has 1 fully saturated rings. The van der Waals surface area contributed by atoms with Crippen LogP contribution in [0.15, 0.2) is 30.9 Å². The van der Waals surface area contributed by atoms with Gasteiger partial charge in [0.15, 0.2) is 0 Å². The van der Waals surface area contributed by atoms with Gasteiger partial charge in [0.2, 0.25) is 0 Å². The second kappa shape index (κ2) is 5.74. The van der Waals surface area contributed by atoms with Gasteiger partial charge in [0.25, 0.3) is 5.91 Å². The van der Waals surface area contributed by atoms with E-state index in [-0.39, 0.29) is 11.9 Å². The van der Waals surface area contributed by atoms with Gasteiger partial charge < -0.3 is 9.88 Å². The molecule has 7 heteroatoms. The van der Waals surface area contributed by atoms with E-state index in [9.17, 15) is 9.18 Å². The number of carbonyl (C=O) groups excluding carboxylic acids is 1. The molecule has 1 amide bonds. The molecule has 0 bridgehead atoms. The van der Waals surface area contributed by atoms with Crippen LogP contribution in [-0.4, -0.2) is 43.6 Å². The number of aromatic nitrogens is 4. The first-order chi connectivity index (χ1) is 11.6. The number of benzene rings is 1. The largest absolute Gasteiger partial charge is 0.344 e. The Hall–Kier alpha value is -2.70. The first-order valence-corrected chi connectivity index (χ1v) is 8.04. The third-order valence-corrected chi connectivity index (χ3v) is 4.51. The lowest BCUT2D eigenvalue weighted by atomic mass is 10.0. The van der Waals surface area contributed by atoms with Gasteiger partial charge in [0, 0.05) is 19.3 Å². The fourth-order valence-electron chi connectivity index (χ4n) is 3.34. The number of hydrogen-bond donors (Lipinski definition) is 1. The second-order valence-electron chi connectivity index (χ2n) is 6.30. The predicted molar refractivity (Wildman–Crippen MR) is 87.2 cm³/mol. The van der Waals surface area contributed by atoms with Crippen LogP contribution in [0.2, 0.25) is 0 Å². The molecular weight excluding hydrogens is 309 g/mol. The van der Waals surface area contributed by atoms with E-state index in [1.165, 1.54) is 18.5 Å². The summed E-state index contributed by atoms with van der Waals surface area (Å²) in [5, 5.41) is 4.36. The Labute approximate surface area is 138 Å². The maximum absolute atomic E-state index is 13.8. The number of hydrogen-bond acceptors (Lipinski definition) is 3. The van der Waals surface area contributed by atoms with E-state index < -0.39 is 5.82 Å². The number of rotatable bonds is 2. The molecule has 6 nitrogen and oxygen atoms in total. The summed E-state index contributed by atoms with van der Waals surface area (Å²) in [6.07, 6.45) is 7.17. The summed E-state index contributed by atoms with van der Waals surface area (Å²) in [5.41, 5.74) is 2.46. The van der Waals surface area contributed by atoms with E-state index in [0.717, 1.165) is 18.4 Å². The highest BCUT2D eigenvalue weighted by molar-refractivity contribution is 6.04. The van der Waals surface area contributed by atoms with Crippen LogP contribution in [0.1, 0.15) is 34.8 Å². The number of aryl methyl sites for hydroxylation is 1. The van der Waals surface area contributed by atoms with Crippen LogP contribution < -0.4 is 0 Å². The van der Waals surface area contributed by atoms with Crippen molar-refractivity contribution in [1.29, 1.82) is 0 Å². The SMILES string of the molecule is Cc1cnn(C2CCCN(C(=O)c3cc(F)cc4[nH]cnc34)C2)c1. The summed E-state index contributed by atoms with van der Waals surface area (Å²) >= 11 is 0. The highest BCUT2D eigenvalue weighted by Gasteiger charge is 2.27. The molecule has 3 heterocycles. The Morgan fingerprint density at radius 3 is 3.08 bits per heavy atom. The lowest BCUT2D eigenvalue weighted by molar-refractivity contribution is 0.0674. The summed E-state index contributed by atoms with van der Waals surface area (Å²) < 4.78 is 15.7. The molecule has 124 valence electrons. The summed E-state index contributed by atoms with van der Waals surface area (Å²) in [4.78, 5) is 21.7. The van der Waals surface area contributed by atoms with Crippen molar-refractivity contribution in [3.05, 3.63) is 47.8 Å². The molecule has 4 rings (SSSR count). The van der Waals surface area contributed by atoms with Crippen LogP contribution in [-0.2, 0) is 0 Å². The van der Waals surface area contributed by atoms with Gasteiger partial charge in [-0.15, -0.1) is 0 Å². The number of amides is 1. The maximum Gasteiger partial charge on any atom is 0.256 e. The van der Waals surface area contributed by atoms with Crippen LogP contribution in [0.5, 0.6) is 0 Å². The number of H-pyrrole nitrogens is 1. The molecule has 1 atom stereocenters. The van der Waals surface area contributed by atoms with Gasteiger partial charge in [0.05, 0.1) is 29.6 Å². The van der Waals surface area contributed by atoms with Crippen molar-refractivity contribution in [3.63, 3.8) is 0 Å². The minimum atomic E-state index is -0.439. The molecule has 1 saturated heterocycles. The molecule has 1 aliphatic heterocycles. The third-order valence-electron chi connectivity index (χ3n) is 4.51. The average Bonchev–Trinajstić information content (AvgIpc) is 3.22. The lowest BCUT2D eigenvalue weighted by Crippen LogP contribution is -2.41. The van der Waals surface area contributed by atoms with Gasteiger partial charge in [-0.1, -0.05) is 0 Å². The van der Waals surface area contributed by atoms with Gasteiger partial charge in [-0.25, -0.2) is 9.37 Å². The number of fused-ring (bicyclic) bond motifs is 1. The van der Waals surface area contributed by atoms with Crippen LogP contribution in [0, 0.1) is 12.7 Å².